The van der Waals surface area contributed by atoms with Gasteiger partial charge in [-0.15, -0.1) is 0 Å². The van der Waals surface area contributed by atoms with Crippen LogP contribution in [0.2, 0.25) is 0 Å². The molecule has 82 valence electrons. The summed E-state index contributed by atoms with van der Waals surface area (Å²) in [4.78, 5) is 0. The minimum atomic E-state index is -3.11. The third-order valence-corrected chi connectivity index (χ3v) is 2.22. The van der Waals surface area contributed by atoms with E-state index in [0.29, 0.717) is 6.92 Å². The molecule has 4 unspecified atom stereocenters. The summed E-state index contributed by atoms with van der Waals surface area (Å²) in [7, 11) is 0.864. The van der Waals surface area contributed by atoms with Gasteiger partial charge in [0.2, 0.25) is 0 Å². The van der Waals surface area contributed by atoms with Crippen LogP contribution in [-0.2, 0) is 4.74 Å². The van der Waals surface area contributed by atoms with Crippen LogP contribution in [0.3, 0.4) is 0 Å². The van der Waals surface area contributed by atoms with Gasteiger partial charge >= 0.3 is 0 Å². The Kier molecular flexibility index (Phi) is 2.74. The van der Waals surface area contributed by atoms with E-state index >= 15 is 0 Å². The Balaban J connectivity index is 3.17. The van der Waals surface area contributed by atoms with E-state index in [9.17, 15) is 22.0 Å². The molecule has 1 nitrogen and oxygen atoms in total. The molecule has 1 aliphatic carbocycles. The Morgan fingerprint density at radius 3 is 2.21 bits per heavy atom. The third kappa shape index (κ3) is 1.36. The van der Waals surface area contributed by atoms with Crippen molar-refractivity contribution in [2.45, 2.75) is 31.1 Å². The Hall–Kier alpha value is -0.810. The van der Waals surface area contributed by atoms with Gasteiger partial charge in [0.25, 0.3) is 0 Å². The SMILES string of the molecule is COC1=C(F)C(F)C(F)C(C)(F)C1F. The standard InChI is InChI=1S/C8H9F5O/c1-8(13)6(11)4(10)3(9)5(14-2)7(8)12/h4,6-7H,1-2H3. The maximum Gasteiger partial charge on any atom is 0.196 e. The zero-order valence-electron chi connectivity index (χ0n) is 7.53. The maximum absolute atomic E-state index is 13.2. The molecule has 0 aliphatic heterocycles. The number of hydrogen-bond acceptors (Lipinski definition) is 1. The number of alkyl halides is 4. The van der Waals surface area contributed by atoms with E-state index in [0.717, 1.165) is 7.11 Å². The van der Waals surface area contributed by atoms with E-state index in [1.807, 2.05) is 0 Å². The summed E-state index contributed by atoms with van der Waals surface area (Å²) in [5.74, 6) is -2.83. The molecule has 0 radical (unpaired) electrons. The van der Waals surface area contributed by atoms with Crippen LogP contribution in [0.15, 0.2) is 11.6 Å². The summed E-state index contributed by atoms with van der Waals surface area (Å²) in [6, 6.07) is 0. The first-order valence-corrected chi connectivity index (χ1v) is 3.88. The molecule has 0 aromatic rings. The molecule has 1 rings (SSSR count). The van der Waals surface area contributed by atoms with E-state index < -0.39 is 35.8 Å². The van der Waals surface area contributed by atoms with Crippen LogP contribution in [0.4, 0.5) is 22.0 Å². The molecule has 0 amide bonds. The predicted molar refractivity (Wildman–Crippen MR) is 39.3 cm³/mol. The van der Waals surface area contributed by atoms with Crippen LogP contribution in [0, 0.1) is 0 Å². The number of methoxy groups -OCH3 is 1. The van der Waals surface area contributed by atoms with Crippen molar-refractivity contribution in [3.05, 3.63) is 11.6 Å². The molecule has 1 aliphatic rings. The number of ether oxygens (including phenoxy) is 1. The van der Waals surface area contributed by atoms with Gasteiger partial charge in [-0.3, -0.25) is 0 Å². The molecule has 4 atom stereocenters. The van der Waals surface area contributed by atoms with Gasteiger partial charge in [0.05, 0.1) is 7.11 Å². The third-order valence-electron chi connectivity index (χ3n) is 2.22. The molecule has 0 fully saturated rings. The molecule has 0 N–H and O–H groups in total. The summed E-state index contributed by atoms with van der Waals surface area (Å²) >= 11 is 0. The summed E-state index contributed by atoms with van der Waals surface area (Å²) in [5.41, 5.74) is -3.11. The lowest BCUT2D eigenvalue weighted by molar-refractivity contribution is -0.0614. The van der Waals surface area contributed by atoms with Crippen molar-refractivity contribution >= 4 is 0 Å². The topological polar surface area (TPSA) is 9.23 Å². The Labute approximate surface area is 77.5 Å². The first-order valence-electron chi connectivity index (χ1n) is 3.88. The molecule has 0 aromatic carbocycles. The van der Waals surface area contributed by atoms with E-state index in [-0.39, 0.29) is 0 Å². The van der Waals surface area contributed by atoms with E-state index in [2.05, 4.69) is 4.74 Å². The van der Waals surface area contributed by atoms with Crippen molar-refractivity contribution in [1.82, 2.24) is 0 Å². The normalized spacial score (nSPS) is 44.1. The molecular formula is C8H9F5O. The molecule has 0 spiro atoms. The maximum atomic E-state index is 13.2. The highest BCUT2D eigenvalue weighted by Crippen LogP contribution is 2.41. The van der Waals surface area contributed by atoms with Gasteiger partial charge in [0.15, 0.2) is 35.8 Å². The zero-order chi connectivity index (χ0) is 11.1. The molecule has 6 heteroatoms. The van der Waals surface area contributed by atoms with Gasteiger partial charge in [-0.1, -0.05) is 0 Å². The van der Waals surface area contributed by atoms with Crippen LogP contribution in [-0.4, -0.2) is 31.3 Å². The molecule has 0 aromatic heterocycles. The minimum absolute atomic E-state index is 0.528. The molecule has 0 saturated heterocycles. The largest absolute Gasteiger partial charge is 0.495 e. The lowest BCUT2D eigenvalue weighted by Crippen LogP contribution is -2.51. The van der Waals surface area contributed by atoms with E-state index in [4.69, 9.17) is 0 Å². The second kappa shape index (κ2) is 3.40. The molecule has 14 heavy (non-hydrogen) atoms. The van der Waals surface area contributed by atoms with Crippen LogP contribution in [0.5, 0.6) is 0 Å². The van der Waals surface area contributed by atoms with Gasteiger partial charge in [-0.25, -0.2) is 22.0 Å². The van der Waals surface area contributed by atoms with Crippen molar-refractivity contribution in [3.63, 3.8) is 0 Å². The van der Waals surface area contributed by atoms with Gasteiger partial charge < -0.3 is 4.74 Å². The Morgan fingerprint density at radius 1 is 1.29 bits per heavy atom. The average molecular weight is 216 g/mol. The zero-order valence-corrected chi connectivity index (χ0v) is 7.53. The van der Waals surface area contributed by atoms with Crippen molar-refractivity contribution in [2.75, 3.05) is 7.11 Å². The van der Waals surface area contributed by atoms with Crippen LogP contribution in [0.1, 0.15) is 6.92 Å². The van der Waals surface area contributed by atoms with Crippen molar-refractivity contribution in [2.24, 2.45) is 0 Å². The van der Waals surface area contributed by atoms with Crippen molar-refractivity contribution in [1.29, 1.82) is 0 Å². The number of rotatable bonds is 1. The minimum Gasteiger partial charge on any atom is -0.495 e. The highest BCUT2D eigenvalue weighted by molar-refractivity contribution is 5.24. The van der Waals surface area contributed by atoms with Gasteiger partial charge in [0.1, 0.15) is 0 Å². The smallest absolute Gasteiger partial charge is 0.196 e. The van der Waals surface area contributed by atoms with Crippen LogP contribution < -0.4 is 0 Å². The lowest BCUT2D eigenvalue weighted by Gasteiger charge is -2.34. The molecular weight excluding hydrogens is 207 g/mol. The fraction of sp³-hybridized carbons (Fsp3) is 0.750. The van der Waals surface area contributed by atoms with Crippen LogP contribution in [0.25, 0.3) is 0 Å². The van der Waals surface area contributed by atoms with Gasteiger partial charge in [-0.05, 0) is 6.92 Å². The van der Waals surface area contributed by atoms with Crippen molar-refractivity contribution in [3.8, 4) is 0 Å². The summed E-state index contributed by atoms with van der Waals surface area (Å²) in [5, 5.41) is 0. The molecule has 0 bridgehead atoms. The van der Waals surface area contributed by atoms with Crippen molar-refractivity contribution < 1.29 is 26.7 Å². The first kappa shape index (κ1) is 11.3. The monoisotopic (exact) mass is 216 g/mol. The number of allylic oxidation sites excluding steroid dienone is 2. The molecule has 0 saturated carbocycles. The fourth-order valence-corrected chi connectivity index (χ4v) is 1.27. The second-order valence-corrected chi connectivity index (χ2v) is 3.23. The van der Waals surface area contributed by atoms with E-state index in [1.165, 1.54) is 0 Å². The van der Waals surface area contributed by atoms with Crippen LogP contribution >= 0.6 is 0 Å². The fourth-order valence-electron chi connectivity index (χ4n) is 1.27. The Bertz CT molecular complexity index is 262. The first-order chi connectivity index (χ1) is 6.34. The average Bonchev–Trinajstić information content (AvgIpc) is 2.14. The predicted octanol–water partition coefficient (Wildman–Crippen LogP) is 2.57. The van der Waals surface area contributed by atoms with Gasteiger partial charge in [0, 0.05) is 0 Å². The lowest BCUT2D eigenvalue weighted by atomic mass is 9.86. The summed E-state index contributed by atoms with van der Waals surface area (Å²) in [6.45, 7) is 0.528. The highest BCUT2D eigenvalue weighted by Gasteiger charge is 2.56. The highest BCUT2D eigenvalue weighted by atomic mass is 19.2. The number of halogens is 5. The number of hydrogen-bond donors (Lipinski definition) is 0. The molecule has 0 heterocycles. The summed E-state index contributed by atoms with van der Waals surface area (Å²) < 4.78 is 68.9. The summed E-state index contributed by atoms with van der Waals surface area (Å²) in [6.07, 6.45) is -8.31. The van der Waals surface area contributed by atoms with Gasteiger partial charge in [-0.2, -0.15) is 0 Å². The quantitative estimate of drug-likeness (QED) is 0.612. The van der Waals surface area contributed by atoms with E-state index in [1.54, 1.807) is 0 Å². The second-order valence-electron chi connectivity index (χ2n) is 3.23. The Morgan fingerprint density at radius 2 is 1.79 bits per heavy atom.